The van der Waals surface area contributed by atoms with Crippen LogP contribution in [0.3, 0.4) is 0 Å². The van der Waals surface area contributed by atoms with Crippen molar-refractivity contribution in [2.24, 2.45) is 17.3 Å². The molecule has 3 rings (SSSR count). The predicted molar refractivity (Wildman–Crippen MR) is 50.9 cm³/mol. The van der Waals surface area contributed by atoms with E-state index in [0.717, 1.165) is 17.3 Å². The molecule has 3 aliphatic carbocycles. The van der Waals surface area contributed by atoms with Crippen molar-refractivity contribution < 1.29 is 0 Å². The van der Waals surface area contributed by atoms with Gasteiger partial charge in [-0.15, -0.1) is 0 Å². The molecule has 3 saturated carbocycles. The molecule has 0 saturated heterocycles. The fraction of sp³-hybridized carbons (Fsp3) is 0.833. The van der Waals surface area contributed by atoms with E-state index in [1.165, 1.54) is 32.1 Å². The molecular formula is C12H18. The minimum atomic E-state index is 0.824. The van der Waals surface area contributed by atoms with Crippen LogP contribution in [0.2, 0.25) is 0 Å². The summed E-state index contributed by atoms with van der Waals surface area (Å²) in [6, 6.07) is 0. The van der Waals surface area contributed by atoms with Gasteiger partial charge in [0.05, 0.1) is 0 Å². The number of allylic oxidation sites excluding steroid dienone is 2. The molecule has 0 heterocycles. The van der Waals surface area contributed by atoms with Crippen molar-refractivity contribution in [2.45, 2.75) is 46.0 Å². The van der Waals surface area contributed by atoms with E-state index in [0.29, 0.717) is 0 Å². The first-order chi connectivity index (χ1) is 5.71. The van der Waals surface area contributed by atoms with Gasteiger partial charge in [-0.05, 0) is 49.4 Å². The molecule has 0 radical (unpaired) electrons. The van der Waals surface area contributed by atoms with Crippen LogP contribution in [0.5, 0.6) is 0 Å². The molecule has 1 spiro atoms. The maximum Gasteiger partial charge on any atom is -0.0191 e. The van der Waals surface area contributed by atoms with Crippen molar-refractivity contribution in [3.8, 4) is 0 Å². The predicted octanol–water partition coefficient (Wildman–Crippen LogP) is 3.53. The van der Waals surface area contributed by atoms with Gasteiger partial charge in [-0.3, -0.25) is 0 Å². The Bertz CT molecular complexity index is 261. The molecule has 12 heavy (non-hydrogen) atoms. The van der Waals surface area contributed by atoms with Crippen molar-refractivity contribution in [1.29, 1.82) is 0 Å². The van der Waals surface area contributed by atoms with Gasteiger partial charge in [0.1, 0.15) is 0 Å². The second kappa shape index (κ2) is 1.97. The molecule has 0 aromatic rings. The first kappa shape index (κ1) is 7.17. The highest BCUT2D eigenvalue weighted by molar-refractivity contribution is 5.34. The average molecular weight is 162 g/mol. The van der Waals surface area contributed by atoms with Crippen LogP contribution in [0.4, 0.5) is 0 Å². The van der Waals surface area contributed by atoms with Crippen LogP contribution >= 0.6 is 0 Å². The van der Waals surface area contributed by atoms with Crippen molar-refractivity contribution in [3.05, 3.63) is 11.1 Å². The molecule has 3 aliphatic rings. The molecular weight excluding hydrogens is 144 g/mol. The van der Waals surface area contributed by atoms with Gasteiger partial charge in [0, 0.05) is 0 Å². The molecule has 3 fully saturated rings. The van der Waals surface area contributed by atoms with E-state index >= 15 is 0 Å². The lowest BCUT2D eigenvalue weighted by molar-refractivity contribution is 0.494. The Labute approximate surface area is 75.0 Å². The summed E-state index contributed by atoms with van der Waals surface area (Å²) in [5.74, 6) is 2.01. The minimum absolute atomic E-state index is 0.824. The molecule has 0 heteroatoms. The van der Waals surface area contributed by atoms with Gasteiger partial charge >= 0.3 is 0 Å². The Hall–Kier alpha value is -0.260. The van der Waals surface area contributed by atoms with Crippen molar-refractivity contribution in [1.82, 2.24) is 0 Å². The van der Waals surface area contributed by atoms with E-state index in [2.05, 4.69) is 13.8 Å². The van der Waals surface area contributed by atoms with Crippen molar-refractivity contribution in [3.63, 3.8) is 0 Å². The van der Waals surface area contributed by atoms with Crippen LogP contribution in [-0.4, -0.2) is 0 Å². The van der Waals surface area contributed by atoms with E-state index < -0.39 is 0 Å². The van der Waals surface area contributed by atoms with E-state index in [4.69, 9.17) is 0 Å². The third-order valence-corrected chi connectivity index (χ3v) is 4.50. The quantitative estimate of drug-likeness (QED) is 0.478. The van der Waals surface area contributed by atoms with Crippen LogP contribution in [0, 0.1) is 17.3 Å². The van der Waals surface area contributed by atoms with E-state index in [1.54, 1.807) is 0 Å². The molecule has 0 bridgehead atoms. The molecule has 66 valence electrons. The highest BCUT2D eigenvalue weighted by Crippen LogP contribution is 2.65. The zero-order valence-corrected chi connectivity index (χ0v) is 8.19. The maximum atomic E-state index is 2.43. The largest absolute Gasteiger partial charge is 0.0701 e. The first-order valence-electron chi connectivity index (χ1n) is 5.42. The summed E-state index contributed by atoms with van der Waals surface area (Å²) >= 11 is 0. The zero-order valence-electron chi connectivity index (χ0n) is 8.19. The Kier molecular flexibility index (Phi) is 1.18. The molecule has 0 aromatic carbocycles. The lowest BCUT2D eigenvalue weighted by Crippen LogP contribution is -1.93. The van der Waals surface area contributed by atoms with Crippen molar-refractivity contribution in [2.75, 3.05) is 0 Å². The van der Waals surface area contributed by atoms with Gasteiger partial charge in [-0.1, -0.05) is 25.0 Å². The smallest absolute Gasteiger partial charge is 0.0191 e. The molecule has 3 unspecified atom stereocenters. The summed E-state index contributed by atoms with van der Waals surface area (Å²) in [5, 5.41) is 0. The standard InChI is InChI=1S/C12H18/c1-8-5-11(8)10-3-4-12(7-10)6-9(12)2/h8-9H,3-7H2,1-2H3/b11-10-. The van der Waals surface area contributed by atoms with Gasteiger partial charge in [-0.2, -0.15) is 0 Å². The number of hydrogen-bond donors (Lipinski definition) is 0. The zero-order chi connectivity index (χ0) is 8.34. The average Bonchev–Trinajstić information content (AvgIpc) is 2.79. The maximum absolute atomic E-state index is 2.43. The Morgan fingerprint density at radius 3 is 2.42 bits per heavy atom. The monoisotopic (exact) mass is 162 g/mol. The third kappa shape index (κ3) is 0.841. The number of rotatable bonds is 0. The van der Waals surface area contributed by atoms with Gasteiger partial charge in [0.15, 0.2) is 0 Å². The molecule has 0 aliphatic heterocycles. The van der Waals surface area contributed by atoms with Crippen LogP contribution in [0.1, 0.15) is 46.0 Å². The van der Waals surface area contributed by atoms with Crippen LogP contribution < -0.4 is 0 Å². The molecule has 3 atom stereocenters. The summed E-state index contributed by atoms with van der Waals surface area (Å²) in [4.78, 5) is 0. The van der Waals surface area contributed by atoms with Crippen LogP contribution in [0.25, 0.3) is 0 Å². The fourth-order valence-electron chi connectivity index (χ4n) is 3.19. The van der Waals surface area contributed by atoms with E-state index in [-0.39, 0.29) is 0 Å². The summed E-state index contributed by atoms with van der Waals surface area (Å²) in [7, 11) is 0. The minimum Gasteiger partial charge on any atom is -0.0701 e. The first-order valence-corrected chi connectivity index (χ1v) is 5.42. The van der Waals surface area contributed by atoms with Gasteiger partial charge in [0.2, 0.25) is 0 Å². The Morgan fingerprint density at radius 1 is 1.33 bits per heavy atom. The second-order valence-corrected chi connectivity index (χ2v) is 5.38. The van der Waals surface area contributed by atoms with Gasteiger partial charge < -0.3 is 0 Å². The second-order valence-electron chi connectivity index (χ2n) is 5.38. The molecule has 0 aromatic heterocycles. The summed E-state index contributed by atoms with van der Waals surface area (Å²) in [5.41, 5.74) is 4.53. The summed E-state index contributed by atoms with van der Waals surface area (Å²) < 4.78 is 0. The van der Waals surface area contributed by atoms with E-state index in [1.807, 2.05) is 11.1 Å². The molecule has 0 N–H and O–H groups in total. The molecule has 0 amide bonds. The van der Waals surface area contributed by atoms with Crippen LogP contribution in [-0.2, 0) is 0 Å². The lowest BCUT2D eigenvalue weighted by atomic mass is 10.0. The summed E-state index contributed by atoms with van der Waals surface area (Å²) in [6.45, 7) is 4.81. The topological polar surface area (TPSA) is 0 Å². The summed E-state index contributed by atoms with van der Waals surface area (Å²) in [6.07, 6.45) is 7.40. The van der Waals surface area contributed by atoms with Gasteiger partial charge in [0.25, 0.3) is 0 Å². The lowest BCUT2D eigenvalue weighted by Gasteiger charge is -2.02. The number of hydrogen-bond acceptors (Lipinski definition) is 0. The Balaban J connectivity index is 1.80. The molecule has 0 nitrogen and oxygen atoms in total. The SMILES string of the molecule is CC1C/C1=C1\CCC2(C1)CC2C. The highest BCUT2D eigenvalue weighted by Gasteiger charge is 2.54. The van der Waals surface area contributed by atoms with E-state index in [9.17, 15) is 0 Å². The highest BCUT2D eigenvalue weighted by atomic mass is 14.6. The van der Waals surface area contributed by atoms with Crippen LogP contribution in [0.15, 0.2) is 11.1 Å². The Morgan fingerprint density at radius 2 is 2.00 bits per heavy atom. The van der Waals surface area contributed by atoms with Crippen molar-refractivity contribution >= 4 is 0 Å². The fourth-order valence-corrected chi connectivity index (χ4v) is 3.19. The normalized spacial score (nSPS) is 56.5. The third-order valence-electron chi connectivity index (χ3n) is 4.50. The van der Waals surface area contributed by atoms with Gasteiger partial charge in [-0.25, -0.2) is 0 Å².